The summed E-state index contributed by atoms with van der Waals surface area (Å²) in [6.07, 6.45) is 12.0. The van der Waals surface area contributed by atoms with Crippen LogP contribution in [0.15, 0.2) is 71.8 Å². The molecule has 1 amide bonds. The summed E-state index contributed by atoms with van der Waals surface area (Å²) < 4.78 is 11.5. The van der Waals surface area contributed by atoms with E-state index in [1.807, 2.05) is 72.7 Å². The van der Waals surface area contributed by atoms with Crippen molar-refractivity contribution in [3.8, 4) is 11.5 Å². The predicted octanol–water partition coefficient (Wildman–Crippen LogP) is 4.63. The standard InChI is InChI=1S/C25H26N2O3/c1-18-12-24(29-2)25(30-16-19-8-4-3-5-9-19)14-22(18)26-15-21-13-20-10-6-7-11-23(20)27(21)17-28/h3-12,14-15,17,20-21,23H,13,16H2,1-2H3/b26-15-/t20?,21-,23?/m0/s1. The van der Waals surface area contributed by atoms with E-state index in [1.54, 1.807) is 7.11 Å². The zero-order valence-corrected chi connectivity index (χ0v) is 17.3. The van der Waals surface area contributed by atoms with E-state index < -0.39 is 0 Å². The minimum Gasteiger partial charge on any atom is -0.493 e. The fourth-order valence-corrected chi connectivity index (χ4v) is 4.05. The van der Waals surface area contributed by atoms with Gasteiger partial charge in [-0.3, -0.25) is 9.79 Å². The van der Waals surface area contributed by atoms with Crippen molar-refractivity contribution in [2.45, 2.75) is 32.0 Å². The number of ether oxygens (including phenoxy) is 2. The van der Waals surface area contributed by atoms with E-state index in [0.29, 0.717) is 24.0 Å². The summed E-state index contributed by atoms with van der Waals surface area (Å²) in [6, 6.07) is 13.9. The number of hydrogen-bond donors (Lipinski definition) is 0. The van der Waals surface area contributed by atoms with E-state index >= 15 is 0 Å². The minimum absolute atomic E-state index is 0.0277. The first kappa shape index (κ1) is 20.0. The van der Waals surface area contributed by atoms with Gasteiger partial charge >= 0.3 is 0 Å². The molecule has 5 nitrogen and oxygen atoms in total. The van der Waals surface area contributed by atoms with Crippen LogP contribution in [0.4, 0.5) is 5.69 Å². The molecule has 1 aliphatic heterocycles. The molecule has 2 unspecified atom stereocenters. The molecule has 0 saturated carbocycles. The molecule has 1 saturated heterocycles. The fourth-order valence-electron chi connectivity index (χ4n) is 4.05. The maximum atomic E-state index is 11.7. The van der Waals surface area contributed by atoms with E-state index in [4.69, 9.17) is 14.5 Å². The fraction of sp³-hybridized carbons (Fsp3) is 0.280. The van der Waals surface area contributed by atoms with Crippen molar-refractivity contribution in [2.24, 2.45) is 10.9 Å². The lowest BCUT2D eigenvalue weighted by Gasteiger charge is -2.24. The van der Waals surface area contributed by atoms with Gasteiger partial charge in [0.1, 0.15) is 6.61 Å². The Kier molecular flexibility index (Phi) is 5.98. The molecule has 0 radical (unpaired) electrons. The Balaban J connectivity index is 1.54. The molecule has 0 N–H and O–H groups in total. The van der Waals surface area contributed by atoms with Gasteiger partial charge in [0.2, 0.25) is 6.41 Å². The summed E-state index contributed by atoms with van der Waals surface area (Å²) in [5.41, 5.74) is 2.88. The summed E-state index contributed by atoms with van der Waals surface area (Å²) >= 11 is 0. The van der Waals surface area contributed by atoms with Crippen molar-refractivity contribution in [1.82, 2.24) is 4.90 Å². The number of amides is 1. The molecule has 1 fully saturated rings. The largest absolute Gasteiger partial charge is 0.493 e. The number of allylic oxidation sites excluding steroid dienone is 2. The number of carbonyl (C=O) groups excluding carboxylic acids is 1. The van der Waals surface area contributed by atoms with Crippen LogP contribution >= 0.6 is 0 Å². The molecule has 0 spiro atoms. The summed E-state index contributed by atoms with van der Waals surface area (Å²) in [5.74, 6) is 1.68. The van der Waals surface area contributed by atoms with E-state index in [-0.39, 0.29) is 12.1 Å². The highest BCUT2D eigenvalue weighted by molar-refractivity contribution is 5.75. The highest BCUT2D eigenvalue weighted by Gasteiger charge is 2.37. The third kappa shape index (κ3) is 4.15. The average Bonchev–Trinajstić information content (AvgIpc) is 3.15. The second kappa shape index (κ2) is 8.99. The maximum absolute atomic E-state index is 11.7. The topological polar surface area (TPSA) is 51.1 Å². The van der Waals surface area contributed by atoms with Crippen LogP contribution < -0.4 is 9.47 Å². The summed E-state index contributed by atoms with van der Waals surface area (Å²) in [6.45, 7) is 2.44. The van der Waals surface area contributed by atoms with Gasteiger partial charge in [-0.05, 0) is 30.5 Å². The average molecular weight is 402 g/mol. The number of benzene rings is 2. The van der Waals surface area contributed by atoms with Crippen molar-refractivity contribution in [3.63, 3.8) is 0 Å². The number of fused-ring (bicyclic) bond motifs is 1. The normalized spacial score (nSPS) is 22.3. The van der Waals surface area contributed by atoms with Crippen LogP contribution in [0.3, 0.4) is 0 Å². The number of carbonyl (C=O) groups is 1. The third-order valence-corrected chi connectivity index (χ3v) is 5.68. The maximum Gasteiger partial charge on any atom is 0.210 e. The molecule has 0 aromatic heterocycles. The first-order valence-electron chi connectivity index (χ1n) is 10.2. The lowest BCUT2D eigenvalue weighted by Crippen LogP contribution is -2.36. The number of rotatable bonds is 7. The Labute approximate surface area is 177 Å². The van der Waals surface area contributed by atoms with Crippen molar-refractivity contribution in [2.75, 3.05) is 7.11 Å². The van der Waals surface area contributed by atoms with Crippen LogP contribution in [0.2, 0.25) is 0 Å². The van der Waals surface area contributed by atoms with E-state index in [2.05, 4.69) is 12.2 Å². The minimum atomic E-state index is -0.0277. The van der Waals surface area contributed by atoms with Gasteiger partial charge in [0.05, 0.1) is 24.9 Å². The smallest absolute Gasteiger partial charge is 0.210 e. The SMILES string of the molecule is COc1cc(C)c(/N=C\[C@@H]2CC3C=CC=CC3N2C=O)cc1OCc1ccccc1. The Morgan fingerprint density at radius 3 is 2.70 bits per heavy atom. The number of aliphatic imine (C=N–C) groups is 1. The van der Waals surface area contributed by atoms with Crippen LogP contribution in [-0.2, 0) is 11.4 Å². The van der Waals surface area contributed by atoms with Crippen LogP contribution in [0, 0.1) is 12.8 Å². The Bertz CT molecular complexity index is 981. The number of aryl methyl sites for hydroxylation is 1. The zero-order chi connectivity index (χ0) is 20.9. The van der Waals surface area contributed by atoms with Gasteiger partial charge < -0.3 is 14.4 Å². The Morgan fingerprint density at radius 2 is 1.93 bits per heavy atom. The molecule has 0 bridgehead atoms. The lowest BCUT2D eigenvalue weighted by atomic mass is 9.95. The van der Waals surface area contributed by atoms with Crippen molar-refractivity contribution in [1.29, 1.82) is 0 Å². The van der Waals surface area contributed by atoms with Crippen LogP contribution in [0.25, 0.3) is 0 Å². The molecule has 1 heterocycles. The van der Waals surface area contributed by atoms with Crippen molar-refractivity contribution < 1.29 is 14.3 Å². The predicted molar refractivity (Wildman–Crippen MR) is 119 cm³/mol. The number of hydrogen-bond acceptors (Lipinski definition) is 4. The molecule has 5 heteroatoms. The van der Waals surface area contributed by atoms with E-state index in [1.165, 1.54) is 0 Å². The molecule has 2 aromatic carbocycles. The highest BCUT2D eigenvalue weighted by Crippen LogP contribution is 2.36. The quantitative estimate of drug-likeness (QED) is 0.501. The molecular weight excluding hydrogens is 376 g/mol. The van der Waals surface area contributed by atoms with Gasteiger partial charge in [-0.1, -0.05) is 54.6 Å². The first-order valence-corrected chi connectivity index (χ1v) is 10.2. The number of likely N-dealkylation sites (tertiary alicyclic amines) is 1. The van der Waals surface area contributed by atoms with Crippen LogP contribution in [0.1, 0.15) is 17.5 Å². The zero-order valence-electron chi connectivity index (χ0n) is 17.3. The van der Waals surface area contributed by atoms with Gasteiger partial charge in [-0.25, -0.2) is 0 Å². The third-order valence-electron chi connectivity index (χ3n) is 5.68. The van der Waals surface area contributed by atoms with Crippen LogP contribution in [0.5, 0.6) is 11.5 Å². The summed E-state index contributed by atoms with van der Waals surface area (Å²) in [4.78, 5) is 18.3. The van der Waals surface area contributed by atoms with Crippen molar-refractivity contribution >= 4 is 18.3 Å². The first-order chi connectivity index (χ1) is 14.7. The van der Waals surface area contributed by atoms with Crippen molar-refractivity contribution in [3.05, 3.63) is 77.9 Å². The molecule has 30 heavy (non-hydrogen) atoms. The van der Waals surface area contributed by atoms with Gasteiger partial charge in [0, 0.05) is 18.2 Å². The van der Waals surface area contributed by atoms with Gasteiger partial charge in [-0.2, -0.15) is 0 Å². The van der Waals surface area contributed by atoms with E-state index in [9.17, 15) is 4.79 Å². The highest BCUT2D eigenvalue weighted by atomic mass is 16.5. The molecule has 2 aromatic rings. The summed E-state index contributed by atoms with van der Waals surface area (Å²) in [5, 5.41) is 0. The molecule has 3 atom stereocenters. The second-order valence-electron chi connectivity index (χ2n) is 7.62. The van der Waals surface area contributed by atoms with E-state index in [0.717, 1.165) is 29.6 Å². The monoisotopic (exact) mass is 402 g/mol. The molecule has 2 aliphatic rings. The van der Waals surface area contributed by atoms with Gasteiger partial charge in [0.15, 0.2) is 11.5 Å². The Hall–Kier alpha value is -3.34. The second-order valence-corrected chi connectivity index (χ2v) is 7.62. The van der Waals surface area contributed by atoms with Gasteiger partial charge in [0.25, 0.3) is 0 Å². The number of nitrogens with zero attached hydrogens (tertiary/aromatic N) is 2. The Morgan fingerprint density at radius 1 is 1.13 bits per heavy atom. The summed E-state index contributed by atoms with van der Waals surface area (Å²) in [7, 11) is 1.64. The lowest BCUT2D eigenvalue weighted by molar-refractivity contribution is -0.119. The molecule has 154 valence electrons. The van der Waals surface area contributed by atoms with Gasteiger partial charge in [-0.15, -0.1) is 0 Å². The molecule has 1 aliphatic carbocycles. The number of methoxy groups -OCH3 is 1. The van der Waals surface area contributed by atoms with Crippen LogP contribution in [-0.4, -0.2) is 36.7 Å². The molecule has 4 rings (SSSR count). The molecular formula is C25H26N2O3.